The molecule has 0 aliphatic heterocycles. The molecule has 0 heterocycles. The minimum Gasteiger partial charge on any atom is -0.208 e. The Balaban J connectivity index is 2.08. The molecule has 5 heteroatoms. The normalized spacial score (nSPS) is 17.8. The molecule has 18 heavy (non-hydrogen) atoms. The number of alkyl halides is 1. The van der Waals surface area contributed by atoms with Crippen LogP contribution in [0.1, 0.15) is 37.7 Å². The summed E-state index contributed by atoms with van der Waals surface area (Å²) in [4.78, 5) is 0.359. The van der Waals surface area contributed by atoms with Gasteiger partial charge in [0.2, 0.25) is 10.0 Å². The van der Waals surface area contributed by atoms with Crippen LogP contribution in [-0.4, -0.2) is 14.5 Å². The van der Waals surface area contributed by atoms with E-state index in [0.29, 0.717) is 4.90 Å². The van der Waals surface area contributed by atoms with Gasteiger partial charge in [-0.2, -0.15) is 0 Å². The molecule has 0 atom stereocenters. The van der Waals surface area contributed by atoms with E-state index < -0.39 is 10.0 Å². The predicted octanol–water partition coefficient (Wildman–Crippen LogP) is 3.19. The zero-order valence-electron chi connectivity index (χ0n) is 10.2. The van der Waals surface area contributed by atoms with Crippen LogP contribution in [-0.2, 0) is 15.4 Å². The van der Waals surface area contributed by atoms with E-state index in [4.69, 9.17) is 0 Å². The number of hydrogen-bond donors (Lipinski definition) is 1. The maximum Gasteiger partial charge on any atom is 0.240 e. The van der Waals surface area contributed by atoms with Crippen LogP contribution in [0.5, 0.6) is 0 Å². The molecule has 0 unspecified atom stereocenters. The van der Waals surface area contributed by atoms with Crippen molar-refractivity contribution in [2.24, 2.45) is 0 Å². The third kappa shape index (κ3) is 3.56. The first-order chi connectivity index (χ1) is 8.62. The number of benzene rings is 1. The fourth-order valence-electron chi connectivity index (χ4n) is 2.27. The van der Waals surface area contributed by atoms with Crippen LogP contribution in [0.4, 0.5) is 0 Å². The Morgan fingerprint density at radius 3 is 2.28 bits per heavy atom. The number of sulfonamides is 1. The molecule has 0 saturated heterocycles. The summed E-state index contributed by atoms with van der Waals surface area (Å²) in [5, 5.41) is 0.739. The Labute approximate surface area is 117 Å². The Hall–Kier alpha value is -0.390. The third-order valence-corrected chi connectivity index (χ3v) is 5.50. The fraction of sp³-hybridized carbons (Fsp3) is 0.538. The molecule has 1 aliphatic carbocycles. The maximum atomic E-state index is 12.2. The molecule has 1 aromatic rings. The first kappa shape index (κ1) is 14.0. The molecule has 1 fully saturated rings. The van der Waals surface area contributed by atoms with E-state index in [2.05, 4.69) is 20.7 Å². The molecule has 1 aliphatic rings. The third-order valence-electron chi connectivity index (χ3n) is 3.31. The quantitative estimate of drug-likeness (QED) is 0.861. The van der Waals surface area contributed by atoms with E-state index in [-0.39, 0.29) is 6.04 Å². The Morgan fingerprint density at radius 2 is 1.72 bits per heavy atom. The summed E-state index contributed by atoms with van der Waals surface area (Å²) in [6, 6.07) is 7.12. The van der Waals surface area contributed by atoms with Crippen LogP contribution in [0.15, 0.2) is 29.2 Å². The minimum absolute atomic E-state index is 0.111. The van der Waals surface area contributed by atoms with Crippen LogP contribution < -0.4 is 4.72 Å². The highest BCUT2D eigenvalue weighted by atomic mass is 79.9. The van der Waals surface area contributed by atoms with Crippen LogP contribution >= 0.6 is 15.9 Å². The standard InChI is InChI=1S/C13H18BrNO2S/c14-10-11-6-8-13(9-7-11)18(16,17)15-12-4-2-1-3-5-12/h6-9,12,15H,1-5,10H2. The molecule has 1 N–H and O–H groups in total. The Kier molecular flexibility index (Phi) is 4.81. The first-order valence-corrected chi connectivity index (χ1v) is 8.89. The zero-order chi connectivity index (χ0) is 13.0. The van der Waals surface area contributed by atoms with Gasteiger partial charge in [-0.3, -0.25) is 0 Å². The van der Waals surface area contributed by atoms with Crippen LogP contribution in [0.2, 0.25) is 0 Å². The van der Waals surface area contributed by atoms with E-state index in [1.54, 1.807) is 12.1 Å². The summed E-state index contributed by atoms with van der Waals surface area (Å²) in [5.41, 5.74) is 1.08. The summed E-state index contributed by atoms with van der Waals surface area (Å²) in [5.74, 6) is 0. The zero-order valence-corrected chi connectivity index (χ0v) is 12.6. The molecule has 0 amide bonds. The van der Waals surface area contributed by atoms with E-state index in [1.165, 1.54) is 6.42 Å². The summed E-state index contributed by atoms with van der Waals surface area (Å²) in [7, 11) is -3.35. The SMILES string of the molecule is O=S(=O)(NC1CCCCC1)c1ccc(CBr)cc1. The highest BCUT2D eigenvalue weighted by molar-refractivity contribution is 9.08. The Bertz CT molecular complexity index is 478. The number of nitrogens with one attached hydrogen (secondary N) is 1. The van der Waals surface area contributed by atoms with Crippen molar-refractivity contribution in [2.75, 3.05) is 0 Å². The minimum atomic E-state index is -3.35. The topological polar surface area (TPSA) is 46.2 Å². The van der Waals surface area contributed by atoms with Gasteiger partial charge in [-0.15, -0.1) is 0 Å². The first-order valence-electron chi connectivity index (χ1n) is 6.29. The van der Waals surface area contributed by atoms with E-state index in [0.717, 1.165) is 36.6 Å². The average molecular weight is 332 g/mol. The van der Waals surface area contributed by atoms with Gasteiger partial charge in [0.25, 0.3) is 0 Å². The van der Waals surface area contributed by atoms with Gasteiger partial charge in [0.1, 0.15) is 0 Å². The highest BCUT2D eigenvalue weighted by Crippen LogP contribution is 2.20. The second kappa shape index (κ2) is 6.17. The van der Waals surface area contributed by atoms with Gasteiger partial charge in [0.15, 0.2) is 0 Å². The lowest BCUT2D eigenvalue weighted by Crippen LogP contribution is -2.36. The highest BCUT2D eigenvalue weighted by Gasteiger charge is 2.21. The van der Waals surface area contributed by atoms with Crippen molar-refractivity contribution < 1.29 is 8.42 Å². The average Bonchev–Trinajstić information content (AvgIpc) is 2.39. The van der Waals surface area contributed by atoms with Gasteiger partial charge in [0, 0.05) is 11.4 Å². The summed E-state index contributed by atoms with van der Waals surface area (Å²) in [6.45, 7) is 0. The van der Waals surface area contributed by atoms with Gasteiger partial charge in [-0.1, -0.05) is 47.3 Å². The maximum absolute atomic E-state index is 12.2. The lowest BCUT2D eigenvalue weighted by molar-refractivity contribution is 0.412. The van der Waals surface area contributed by atoms with Crippen LogP contribution in [0.25, 0.3) is 0 Å². The molecular weight excluding hydrogens is 314 g/mol. The largest absolute Gasteiger partial charge is 0.240 e. The second-order valence-corrected chi connectivity index (χ2v) is 7.01. The van der Waals surface area contributed by atoms with Crippen molar-refractivity contribution in [3.8, 4) is 0 Å². The van der Waals surface area contributed by atoms with Crippen LogP contribution in [0.3, 0.4) is 0 Å². The van der Waals surface area contributed by atoms with E-state index in [9.17, 15) is 8.42 Å². The molecule has 100 valence electrons. The smallest absolute Gasteiger partial charge is 0.208 e. The molecule has 0 spiro atoms. The molecule has 3 nitrogen and oxygen atoms in total. The van der Waals surface area contributed by atoms with Crippen molar-refractivity contribution in [1.29, 1.82) is 0 Å². The number of hydrogen-bond acceptors (Lipinski definition) is 2. The van der Waals surface area contributed by atoms with Crippen molar-refractivity contribution in [1.82, 2.24) is 4.72 Å². The van der Waals surface area contributed by atoms with Gasteiger partial charge < -0.3 is 0 Å². The molecule has 2 rings (SSSR count). The van der Waals surface area contributed by atoms with Gasteiger partial charge in [0.05, 0.1) is 4.90 Å². The summed E-state index contributed by atoms with van der Waals surface area (Å²) >= 11 is 3.35. The Morgan fingerprint density at radius 1 is 1.11 bits per heavy atom. The van der Waals surface area contributed by atoms with Gasteiger partial charge in [-0.25, -0.2) is 13.1 Å². The van der Waals surface area contributed by atoms with E-state index in [1.807, 2.05) is 12.1 Å². The van der Waals surface area contributed by atoms with E-state index >= 15 is 0 Å². The lowest BCUT2D eigenvalue weighted by atomic mass is 9.96. The summed E-state index contributed by atoms with van der Waals surface area (Å²) < 4.78 is 27.2. The molecule has 0 bridgehead atoms. The molecule has 1 aromatic carbocycles. The van der Waals surface area contributed by atoms with Crippen molar-refractivity contribution in [2.45, 2.75) is 48.4 Å². The summed E-state index contributed by atoms with van der Waals surface area (Å²) in [6.07, 6.45) is 5.38. The van der Waals surface area contributed by atoms with Gasteiger partial charge >= 0.3 is 0 Å². The molecule has 1 saturated carbocycles. The lowest BCUT2D eigenvalue weighted by Gasteiger charge is -2.22. The molecule has 0 radical (unpaired) electrons. The van der Waals surface area contributed by atoms with Crippen molar-refractivity contribution in [3.05, 3.63) is 29.8 Å². The molecule has 0 aromatic heterocycles. The second-order valence-electron chi connectivity index (χ2n) is 4.73. The van der Waals surface area contributed by atoms with Crippen molar-refractivity contribution in [3.63, 3.8) is 0 Å². The number of halogens is 1. The number of rotatable bonds is 4. The fourth-order valence-corrected chi connectivity index (χ4v) is 3.94. The van der Waals surface area contributed by atoms with Gasteiger partial charge in [-0.05, 0) is 30.5 Å². The monoisotopic (exact) mass is 331 g/mol. The van der Waals surface area contributed by atoms with Crippen LogP contribution in [0, 0.1) is 0 Å². The molecular formula is C13H18BrNO2S. The predicted molar refractivity (Wildman–Crippen MR) is 76.3 cm³/mol. The van der Waals surface area contributed by atoms with Crippen molar-refractivity contribution >= 4 is 26.0 Å².